The number of nitriles is 1. The first-order valence-electron chi connectivity index (χ1n) is 6.65. The molecule has 2 unspecified atom stereocenters. The van der Waals surface area contributed by atoms with Gasteiger partial charge in [0.1, 0.15) is 0 Å². The molecule has 1 heterocycles. The maximum absolute atomic E-state index is 9.09. The topological polar surface area (TPSA) is 48.3 Å². The molecule has 1 rings (SSSR count). The van der Waals surface area contributed by atoms with Gasteiger partial charge < -0.3 is 10.1 Å². The molecule has 0 radical (unpaired) electrons. The van der Waals surface area contributed by atoms with Crippen molar-refractivity contribution in [1.29, 1.82) is 5.26 Å². The molecule has 1 N–H and O–H groups in total. The number of hydrogen-bond donors (Lipinski definition) is 1. The number of nitrogens with zero attached hydrogens (tertiary/aromatic N) is 2. The Kier molecular flexibility index (Phi) is 7.18. The van der Waals surface area contributed by atoms with Crippen molar-refractivity contribution in [1.82, 2.24) is 10.2 Å². The maximum Gasteiger partial charge on any atom is 0.0975 e. The highest BCUT2D eigenvalue weighted by molar-refractivity contribution is 4.93. The van der Waals surface area contributed by atoms with E-state index in [-0.39, 0.29) is 6.04 Å². The molecule has 98 valence electrons. The van der Waals surface area contributed by atoms with Crippen LogP contribution >= 0.6 is 0 Å². The van der Waals surface area contributed by atoms with E-state index in [1.807, 2.05) is 0 Å². The van der Waals surface area contributed by atoms with Crippen LogP contribution in [0.2, 0.25) is 0 Å². The predicted molar refractivity (Wildman–Crippen MR) is 68.7 cm³/mol. The lowest BCUT2D eigenvalue weighted by atomic mass is 9.96. The average molecular weight is 239 g/mol. The zero-order valence-corrected chi connectivity index (χ0v) is 11.1. The van der Waals surface area contributed by atoms with Crippen LogP contribution in [-0.4, -0.2) is 50.8 Å². The van der Waals surface area contributed by atoms with Gasteiger partial charge in [0.15, 0.2) is 0 Å². The molecule has 1 aliphatic heterocycles. The summed E-state index contributed by atoms with van der Waals surface area (Å²) in [6.45, 7) is 6.97. The van der Waals surface area contributed by atoms with E-state index in [1.165, 1.54) is 12.8 Å². The van der Waals surface area contributed by atoms with Gasteiger partial charge in [0, 0.05) is 20.2 Å². The molecule has 4 heteroatoms. The van der Waals surface area contributed by atoms with E-state index in [2.05, 4.69) is 23.2 Å². The Morgan fingerprint density at radius 2 is 2.41 bits per heavy atom. The van der Waals surface area contributed by atoms with Gasteiger partial charge >= 0.3 is 0 Å². The van der Waals surface area contributed by atoms with E-state index in [4.69, 9.17) is 10.00 Å². The summed E-state index contributed by atoms with van der Waals surface area (Å²) in [5, 5.41) is 12.5. The standard InChI is InChI=1S/C13H25N3O/c1-3-13(9-14)16-7-4-5-12(11-16)10-15-6-8-17-2/h12-13,15H,3-8,10-11H2,1-2H3. The zero-order chi connectivity index (χ0) is 12.5. The van der Waals surface area contributed by atoms with Crippen molar-refractivity contribution in [2.45, 2.75) is 32.2 Å². The van der Waals surface area contributed by atoms with Crippen molar-refractivity contribution in [2.24, 2.45) is 5.92 Å². The number of methoxy groups -OCH3 is 1. The minimum atomic E-state index is 0.108. The van der Waals surface area contributed by atoms with Crippen molar-refractivity contribution in [3.8, 4) is 6.07 Å². The Morgan fingerprint density at radius 1 is 1.59 bits per heavy atom. The van der Waals surface area contributed by atoms with Crippen LogP contribution in [0.1, 0.15) is 26.2 Å². The second-order valence-corrected chi connectivity index (χ2v) is 4.75. The molecule has 0 amide bonds. The van der Waals surface area contributed by atoms with Crippen molar-refractivity contribution in [3.05, 3.63) is 0 Å². The normalized spacial score (nSPS) is 23.2. The first kappa shape index (κ1) is 14.4. The van der Waals surface area contributed by atoms with Gasteiger partial charge in [0.05, 0.1) is 18.7 Å². The van der Waals surface area contributed by atoms with Crippen LogP contribution in [0.25, 0.3) is 0 Å². The Morgan fingerprint density at radius 3 is 3.06 bits per heavy atom. The molecule has 0 saturated carbocycles. The highest BCUT2D eigenvalue weighted by atomic mass is 16.5. The van der Waals surface area contributed by atoms with Gasteiger partial charge in [0.25, 0.3) is 0 Å². The predicted octanol–water partition coefficient (Wildman–Crippen LogP) is 1.24. The molecule has 4 nitrogen and oxygen atoms in total. The van der Waals surface area contributed by atoms with E-state index in [9.17, 15) is 0 Å². The molecule has 0 aliphatic carbocycles. The van der Waals surface area contributed by atoms with Crippen LogP contribution in [0.5, 0.6) is 0 Å². The van der Waals surface area contributed by atoms with Crippen molar-refractivity contribution < 1.29 is 4.74 Å². The highest BCUT2D eigenvalue weighted by Crippen LogP contribution is 2.18. The van der Waals surface area contributed by atoms with E-state index in [0.29, 0.717) is 5.92 Å². The molecular formula is C13H25N3O. The molecule has 0 bridgehead atoms. The first-order valence-corrected chi connectivity index (χ1v) is 6.65. The van der Waals surface area contributed by atoms with Gasteiger partial charge in [-0.1, -0.05) is 6.92 Å². The molecule has 0 spiro atoms. The van der Waals surface area contributed by atoms with Crippen molar-refractivity contribution in [3.63, 3.8) is 0 Å². The van der Waals surface area contributed by atoms with Crippen LogP contribution in [0.15, 0.2) is 0 Å². The summed E-state index contributed by atoms with van der Waals surface area (Å²) >= 11 is 0. The van der Waals surface area contributed by atoms with Crippen LogP contribution in [0, 0.1) is 17.2 Å². The third-order valence-corrected chi connectivity index (χ3v) is 3.44. The Labute approximate surface area is 105 Å². The van der Waals surface area contributed by atoms with Crippen LogP contribution in [0.3, 0.4) is 0 Å². The number of ether oxygens (including phenoxy) is 1. The molecule has 0 aromatic heterocycles. The Hall–Kier alpha value is -0.630. The molecule has 1 saturated heterocycles. The first-order chi connectivity index (χ1) is 8.31. The molecule has 1 fully saturated rings. The number of piperidine rings is 1. The molecular weight excluding hydrogens is 214 g/mol. The van der Waals surface area contributed by atoms with Gasteiger partial charge in [0.2, 0.25) is 0 Å². The number of nitrogens with one attached hydrogen (secondary N) is 1. The van der Waals surface area contributed by atoms with Gasteiger partial charge in [-0.2, -0.15) is 5.26 Å². The van der Waals surface area contributed by atoms with Gasteiger partial charge in [-0.15, -0.1) is 0 Å². The van der Waals surface area contributed by atoms with Crippen LogP contribution < -0.4 is 5.32 Å². The van der Waals surface area contributed by atoms with Crippen LogP contribution in [-0.2, 0) is 4.74 Å². The SMILES string of the molecule is CCC(C#N)N1CCCC(CNCCOC)C1. The average Bonchev–Trinajstić information content (AvgIpc) is 2.37. The van der Waals surface area contributed by atoms with E-state index in [1.54, 1.807) is 7.11 Å². The summed E-state index contributed by atoms with van der Waals surface area (Å²) in [4.78, 5) is 2.34. The number of rotatable bonds is 7. The fraction of sp³-hybridized carbons (Fsp3) is 0.923. The third kappa shape index (κ3) is 5.03. The summed E-state index contributed by atoms with van der Waals surface area (Å²) in [6, 6.07) is 2.51. The lowest BCUT2D eigenvalue weighted by molar-refractivity contribution is 0.140. The van der Waals surface area contributed by atoms with Gasteiger partial charge in [-0.25, -0.2) is 0 Å². The minimum Gasteiger partial charge on any atom is -0.383 e. The van der Waals surface area contributed by atoms with Gasteiger partial charge in [-0.3, -0.25) is 4.90 Å². The van der Waals surface area contributed by atoms with Gasteiger partial charge in [-0.05, 0) is 38.3 Å². The lowest BCUT2D eigenvalue weighted by Crippen LogP contribution is -2.44. The summed E-state index contributed by atoms with van der Waals surface area (Å²) in [7, 11) is 1.72. The Bertz CT molecular complexity index is 239. The molecule has 0 aromatic rings. The van der Waals surface area contributed by atoms with E-state index in [0.717, 1.165) is 39.2 Å². The zero-order valence-electron chi connectivity index (χ0n) is 11.1. The highest BCUT2D eigenvalue weighted by Gasteiger charge is 2.24. The monoisotopic (exact) mass is 239 g/mol. The maximum atomic E-state index is 9.09. The molecule has 0 aromatic carbocycles. The van der Waals surface area contributed by atoms with Crippen LogP contribution in [0.4, 0.5) is 0 Å². The van der Waals surface area contributed by atoms with Crippen molar-refractivity contribution >= 4 is 0 Å². The fourth-order valence-electron chi connectivity index (χ4n) is 2.46. The minimum absolute atomic E-state index is 0.108. The molecule has 2 atom stereocenters. The summed E-state index contributed by atoms with van der Waals surface area (Å²) in [5.41, 5.74) is 0. The quantitative estimate of drug-likeness (QED) is 0.679. The fourth-order valence-corrected chi connectivity index (χ4v) is 2.46. The van der Waals surface area contributed by atoms with E-state index >= 15 is 0 Å². The summed E-state index contributed by atoms with van der Waals surface area (Å²) < 4.78 is 5.01. The largest absolute Gasteiger partial charge is 0.383 e. The van der Waals surface area contributed by atoms with E-state index < -0.39 is 0 Å². The number of hydrogen-bond acceptors (Lipinski definition) is 4. The third-order valence-electron chi connectivity index (χ3n) is 3.44. The lowest BCUT2D eigenvalue weighted by Gasteiger charge is -2.35. The second-order valence-electron chi connectivity index (χ2n) is 4.75. The second kappa shape index (κ2) is 8.46. The van der Waals surface area contributed by atoms with Crippen molar-refractivity contribution in [2.75, 3.05) is 39.9 Å². The molecule has 1 aliphatic rings. The molecule has 17 heavy (non-hydrogen) atoms. The summed E-state index contributed by atoms with van der Waals surface area (Å²) in [5.74, 6) is 0.683. The summed E-state index contributed by atoms with van der Waals surface area (Å²) in [6.07, 6.45) is 3.42. The smallest absolute Gasteiger partial charge is 0.0975 e. The Balaban J connectivity index is 2.26. The number of likely N-dealkylation sites (tertiary alicyclic amines) is 1.